The first-order valence-corrected chi connectivity index (χ1v) is 17.8. The fourth-order valence-corrected chi connectivity index (χ4v) is 6.40. The van der Waals surface area contributed by atoms with Crippen molar-refractivity contribution in [3.8, 4) is 0 Å². The van der Waals surface area contributed by atoms with Gasteiger partial charge in [0.15, 0.2) is 12.6 Å². The molecule has 2 heterocycles. The third-order valence-electron chi connectivity index (χ3n) is 6.90. The smallest absolute Gasteiger partial charge is 0.397 e. The van der Waals surface area contributed by atoms with Crippen molar-refractivity contribution in [2.24, 2.45) is 11.8 Å². The molecule has 2 aliphatic rings. The average molecular weight is 731 g/mol. The zero-order valence-corrected chi connectivity index (χ0v) is 27.8. The molecule has 0 aromatic heterocycles. The Morgan fingerprint density at radius 3 is 2.41 bits per heavy atom. The highest BCUT2D eigenvalue weighted by Gasteiger charge is 2.50. The summed E-state index contributed by atoms with van der Waals surface area (Å²) in [5.74, 6) is -1.52. The zero-order valence-electron chi connectivity index (χ0n) is 25.3. The molecule has 5 N–H and O–H groups in total. The second-order valence-corrected chi connectivity index (χ2v) is 13.5. The molecule has 1 amide bonds. The van der Waals surface area contributed by atoms with Crippen molar-refractivity contribution in [1.29, 1.82) is 0 Å². The van der Waals surface area contributed by atoms with Crippen LogP contribution in [0.5, 0.6) is 0 Å². The van der Waals surface area contributed by atoms with Crippen molar-refractivity contribution >= 4 is 45.2 Å². The molecule has 0 aromatic carbocycles. The van der Waals surface area contributed by atoms with Crippen LogP contribution < -0.4 is 11.0 Å². The Hall–Kier alpha value is -1.29. The van der Waals surface area contributed by atoms with Crippen LogP contribution in [-0.4, -0.2) is 106 Å². The minimum atomic E-state index is -5.03. The van der Waals surface area contributed by atoms with E-state index in [-0.39, 0.29) is 25.4 Å². The van der Waals surface area contributed by atoms with Crippen LogP contribution in [0.25, 0.3) is 0 Å². The van der Waals surface area contributed by atoms with E-state index in [1.165, 1.54) is 6.92 Å². The topological polar surface area (TPSA) is 270 Å². The molecule has 23 heteroatoms. The van der Waals surface area contributed by atoms with Crippen molar-refractivity contribution in [3.05, 3.63) is 0 Å². The zero-order chi connectivity index (χ0) is 34.3. The Morgan fingerprint density at radius 2 is 1.78 bits per heavy atom. The highest BCUT2D eigenvalue weighted by Crippen LogP contribution is 2.39. The molecule has 0 radical (unpaired) electrons. The van der Waals surface area contributed by atoms with E-state index < -0.39 is 81.7 Å². The third kappa shape index (κ3) is 14.9. The maximum absolute atomic E-state index is 11.6. The summed E-state index contributed by atoms with van der Waals surface area (Å²) < 4.78 is 108. The number of rotatable bonds is 22. The third-order valence-corrected chi connectivity index (χ3v) is 8.84. The van der Waals surface area contributed by atoms with Crippen molar-refractivity contribution in [3.63, 3.8) is 0 Å². The summed E-state index contributed by atoms with van der Waals surface area (Å²) in [6.07, 6.45) is -4.97. The molecular formula is C23H42N2O18S3. The normalized spacial score (nSPS) is 30.5. The fraction of sp³-hybridized carbons (Fsp3) is 0.913. The van der Waals surface area contributed by atoms with E-state index in [4.69, 9.17) is 37.4 Å². The van der Waals surface area contributed by atoms with Crippen LogP contribution >= 0.6 is 12.0 Å². The van der Waals surface area contributed by atoms with Gasteiger partial charge < -0.3 is 29.0 Å². The first-order chi connectivity index (χ1) is 21.7. The van der Waals surface area contributed by atoms with Gasteiger partial charge >= 0.3 is 20.8 Å². The van der Waals surface area contributed by atoms with Gasteiger partial charge in [-0.15, -0.1) is 4.99 Å². The highest BCUT2D eigenvalue weighted by atomic mass is 32.3. The van der Waals surface area contributed by atoms with Gasteiger partial charge in [0.2, 0.25) is 12.2 Å². The Morgan fingerprint density at radius 1 is 1.04 bits per heavy atom. The summed E-state index contributed by atoms with van der Waals surface area (Å²) in [5, 5.41) is 10.6. The molecule has 2 fully saturated rings. The summed E-state index contributed by atoms with van der Waals surface area (Å²) in [4.78, 5) is 26.3. The van der Waals surface area contributed by atoms with Crippen molar-refractivity contribution < 1.29 is 82.1 Å². The van der Waals surface area contributed by atoms with Gasteiger partial charge in [0.1, 0.15) is 12.2 Å². The minimum absolute atomic E-state index is 0.0330. The lowest BCUT2D eigenvalue weighted by molar-refractivity contribution is -0.345. The van der Waals surface area contributed by atoms with Gasteiger partial charge in [-0.3, -0.25) is 18.7 Å². The van der Waals surface area contributed by atoms with E-state index in [9.17, 15) is 35.5 Å². The lowest BCUT2D eigenvalue weighted by Crippen LogP contribution is -2.59. The molecule has 9 atom stereocenters. The van der Waals surface area contributed by atoms with Crippen molar-refractivity contribution in [2.45, 2.75) is 102 Å². The average Bonchev–Trinajstić information content (AvgIpc) is 2.95. The van der Waals surface area contributed by atoms with E-state index in [1.807, 2.05) is 6.92 Å². The molecule has 2 saturated heterocycles. The molecule has 0 saturated carbocycles. The summed E-state index contributed by atoms with van der Waals surface area (Å²) in [7, 11) is -9.99. The predicted octanol–water partition coefficient (Wildman–Crippen LogP) is 0.667. The number of unbranched alkanes of at least 4 members (excludes halogenated alkanes) is 2. The quantitative estimate of drug-likeness (QED) is 0.0256. The Bertz CT molecular complexity index is 1130. The molecule has 4 unspecified atom stereocenters. The van der Waals surface area contributed by atoms with Crippen molar-refractivity contribution in [1.82, 2.24) is 11.0 Å². The summed E-state index contributed by atoms with van der Waals surface area (Å²) in [6.45, 7) is 4.98. The first-order valence-electron chi connectivity index (χ1n) is 14.3. The monoisotopic (exact) mass is 730 g/mol. The molecular weight excluding hydrogens is 688 g/mol. The van der Waals surface area contributed by atoms with Gasteiger partial charge in [-0.25, -0.2) is 17.9 Å². The van der Waals surface area contributed by atoms with Gasteiger partial charge in [0.25, 0.3) is 6.47 Å². The molecule has 0 aliphatic carbocycles. The molecule has 0 aromatic rings. The molecule has 0 bridgehead atoms. The second-order valence-electron chi connectivity index (χ2n) is 10.4. The summed E-state index contributed by atoms with van der Waals surface area (Å²) in [6, 6.07) is 0. The van der Waals surface area contributed by atoms with E-state index in [1.54, 1.807) is 12.6 Å². The van der Waals surface area contributed by atoms with Crippen LogP contribution in [0.4, 0.5) is 0 Å². The molecule has 20 nitrogen and oxygen atoms in total. The largest absolute Gasteiger partial charge is 0.438 e. The van der Waals surface area contributed by atoms with Crippen LogP contribution in [0, 0.1) is 11.8 Å². The second kappa shape index (κ2) is 20.3. The van der Waals surface area contributed by atoms with E-state index in [2.05, 4.69) is 14.5 Å². The number of carbonyl (C=O) groups is 2. The van der Waals surface area contributed by atoms with Crippen molar-refractivity contribution in [2.75, 3.05) is 19.8 Å². The predicted molar refractivity (Wildman–Crippen MR) is 153 cm³/mol. The maximum atomic E-state index is 11.6. The van der Waals surface area contributed by atoms with Crippen LogP contribution in [-0.2, 0) is 71.7 Å². The lowest BCUT2D eigenvalue weighted by Gasteiger charge is -2.47. The minimum Gasteiger partial charge on any atom is -0.438 e. The number of carbonyl (C=O) groups excluding carboxylic acids is 2. The van der Waals surface area contributed by atoms with E-state index in [0.717, 1.165) is 6.42 Å². The van der Waals surface area contributed by atoms with E-state index in [0.29, 0.717) is 44.3 Å². The molecule has 2 aliphatic heterocycles. The maximum Gasteiger partial charge on any atom is 0.397 e. The lowest BCUT2D eigenvalue weighted by atomic mass is 9.91. The molecule has 2 rings (SSSR count). The van der Waals surface area contributed by atoms with Crippen LogP contribution in [0.15, 0.2) is 0 Å². The van der Waals surface area contributed by atoms with Crippen LogP contribution in [0.2, 0.25) is 0 Å². The number of hydrogen-bond acceptors (Lipinski definition) is 18. The molecule has 46 heavy (non-hydrogen) atoms. The van der Waals surface area contributed by atoms with Crippen LogP contribution in [0.3, 0.4) is 0 Å². The number of nitrogens with one attached hydrogen (secondary N) is 2. The first kappa shape index (κ1) is 40.9. The Labute approximate surface area is 271 Å². The molecule has 270 valence electrons. The molecule has 0 spiro atoms. The summed E-state index contributed by atoms with van der Waals surface area (Å²) in [5.41, 5.74) is 1.76. The van der Waals surface area contributed by atoms with Gasteiger partial charge in [-0.1, -0.05) is 20.8 Å². The standard InChI is InChI=1S/C23H42N2O18S3/c1-4-8-17(27)24-9-6-5-7-10-35-23-21(44-43-25-42-28)15(3)20(16(38-23)12-37-45(29,30)31)40-22-19(41-46(32,33)34)14(2)11-18(39-22)36-13-26/h13-16,18-23,25,28H,4-12H2,1-3H3,(H,24,27)(H,29,30,31)(H,32,33,34)/t14-,15+,16?,18?,19?,20+,21?,22+,23-/m1/s1. The Kier molecular flexibility index (Phi) is 18.0. The van der Waals surface area contributed by atoms with Crippen LogP contribution in [0.1, 0.15) is 59.3 Å². The van der Waals surface area contributed by atoms with Gasteiger partial charge in [-0.05, 0) is 37.2 Å². The SMILES string of the molecule is CCCC(=O)NCCCCCO[C@@H]1OC(COS(=O)(=O)O)[C@@H](O[C@@H]2OC(OC=O)C[C@@H](C)C2OS(=O)(=O)O)[C@H](C)C1SONOO. The highest BCUT2D eigenvalue weighted by molar-refractivity contribution is 7.95. The van der Waals surface area contributed by atoms with Gasteiger partial charge in [-0.2, -0.15) is 16.8 Å². The number of ether oxygens (including phenoxy) is 5. The van der Waals surface area contributed by atoms with Gasteiger partial charge in [0, 0.05) is 44.0 Å². The number of hydrogen-bond donors (Lipinski definition) is 5. The van der Waals surface area contributed by atoms with E-state index >= 15 is 0 Å². The Balaban J connectivity index is 2.24. The summed E-state index contributed by atoms with van der Waals surface area (Å²) >= 11 is 0.668. The van der Waals surface area contributed by atoms with Gasteiger partial charge in [0.05, 0.1) is 18.0 Å². The fourth-order valence-electron chi connectivity index (χ4n) is 4.79. The number of amides is 1.